The Morgan fingerprint density at radius 2 is 1.79 bits per heavy atom. The van der Waals surface area contributed by atoms with Crippen LogP contribution >= 0.6 is 0 Å². The number of hydrogen-bond acceptors (Lipinski definition) is 4. The molecule has 0 bridgehead atoms. The summed E-state index contributed by atoms with van der Waals surface area (Å²) in [6.07, 6.45) is 0.393. The fourth-order valence-electron chi connectivity index (χ4n) is 5.30. The summed E-state index contributed by atoms with van der Waals surface area (Å²) < 4.78 is 5.38. The van der Waals surface area contributed by atoms with E-state index in [-0.39, 0.29) is 17.2 Å². The van der Waals surface area contributed by atoms with Gasteiger partial charge in [-0.25, -0.2) is 4.99 Å². The average Bonchev–Trinajstić information content (AvgIpc) is 3.29. The number of nitrogens with zero attached hydrogens (tertiary/aromatic N) is 2. The molecule has 1 amide bonds. The first-order chi connectivity index (χ1) is 13.7. The summed E-state index contributed by atoms with van der Waals surface area (Å²) in [5.41, 5.74) is 9.09. The first kappa shape index (κ1) is 19.5. The molecular weight excluding hydrogens is 362 g/mol. The third-order valence-electron chi connectivity index (χ3n) is 7.14. The number of carbonyl (C=O) groups is 1. The van der Waals surface area contributed by atoms with Crippen LogP contribution in [0.4, 0.5) is 0 Å². The lowest BCUT2D eigenvalue weighted by molar-refractivity contribution is -0.128. The molecule has 1 heterocycles. The number of carbonyl (C=O) groups excluding carboxylic acids is 1. The molecule has 0 radical (unpaired) electrons. The van der Waals surface area contributed by atoms with Crippen molar-refractivity contribution in [1.82, 2.24) is 4.90 Å². The number of hydrogen-bond donors (Lipinski definition) is 1. The van der Waals surface area contributed by atoms with Gasteiger partial charge in [-0.2, -0.15) is 0 Å². The van der Waals surface area contributed by atoms with Crippen LogP contribution in [-0.4, -0.2) is 36.5 Å². The number of nitrogens with two attached hydrogens (primary N) is 1. The maximum absolute atomic E-state index is 12.5. The van der Waals surface area contributed by atoms with Crippen LogP contribution in [0.5, 0.6) is 5.75 Å². The highest BCUT2D eigenvalue weighted by Crippen LogP contribution is 2.66. The van der Waals surface area contributed by atoms with Crippen molar-refractivity contribution in [2.24, 2.45) is 22.6 Å². The van der Waals surface area contributed by atoms with Gasteiger partial charge in [0.25, 0.3) is 0 Å². The zero-order chi connectivity index (χ0) is 21.0. The number of amides is 1. The van der Waals surface area contributed by atoms with E-state index in [9.17, 15) is 4.79 Å². The molecule has 4 rings (SSSR count). The van der Waals surface area contributed by atoms with Crippen LogP contribution in [0.15, 0.2) is 53.5 Å². The predicted molar refractivity (Wildman–Crippen MR) is 116 cm³/mol. The number of ether oxygens (including phenoxy) is 1. The highest BCUT2D eigenvalue weighted by molar-refractivity contribution is 5.98. The first-order valence-electron chi connectivity index (χ1n) is 10.1. The lowest BCUT2D eigenvalue weighted by atomic mass is 9.82. The van der Waals surface area contributed by atoms with Gasteiger partial charge < -0.3 is 10.5 Å². The molecule has 2 aromatic rings. The van der Waals surface area contributed by atoms with Crippen LogP contribution in [0.2, 0.25) is 0 Å². The summed E-state index contributed by atoms with van der Waals surface area (Å²) in [6.45, 7) is 6.61. The minimum Gasteiger partial charge on any atom is -0.497 e. The molecule has 2 aromatic carbocycles. The Hall–Kier alpha value is -2.82. The third kappa shape index (κ3) is 3.00. The molecule has 0 spiro atoms. The highest BCUT2D eigenvalue weighted by atomic mass is 16.5. The van der Waals surface area contributed by atoms with Crippen LogP contribution in [0.1, 0.15) is 32.8 Å². The smallest absolute Gasteiger partial charge is 0.231 e. The Bertz CT molecular complexity index is 1000. The van der Waals surface area contributed by atoms with Crippen LogP contribution in [0.25, 0.3) is 11.1 Å². The minimum atomic E-state index is -0.478. The monoisotopic (exact) mass is 391 g/mol. The van der Waals surface area contributed by atoms with E-state index in [4.69, 9.17) is 15.5 Å². The van der Waals surface area contributed by atoms with Gasteiger partial charge >= 0.3 is 0 Å². The average molecular weight is 392 g/mol. The van der Waals surface area contributed by atoms with Gasteiger partial charge in [-0.1, -0.05) is 50.2 Å². The van der Waals surface area contributed by atoms with Crippen molar-refractivity contribution < 1.29 is 9.53 Å². The zero-order valence-electron chi connectivity index (χ0n) is 17.8. The third-order valence-corrected chi connectivity index (χ3v) is 7.14. The lowest BCUT2D eigenvalue weighted by Gasteiger charge is -2.35. The Kier molecular flexibility index (Phi) is 4.45. The molecule has 4 atom stereocenters. The van der Waals surface area contributed by atoms with E-state index in [2.05, 4.69) is 57.2 Å². The normalized spacial score (nSPS) is 31.4. The van der Waals surface area contributed by atoms with E-state index in [1.807, 2.05) is 12.1 Å². The van der Waals surface area contributed by atoms with Gasteiger partial charge in [0.15, 0.2) is 5.96 Å². The SMILES string of the molecule is COc1cccc(-c2cccc(C3(C)C(C)C3C3(C)CC(=O)N(C)C(N)=N3)c2)c1. The van der Waals surface area contributed by atoms with Gasteiger partial charge in [-0.3, -0.25) is 9.69 Å². The molecule has 2 aliphatic rings. The number of methoxy groups -OCH3 is 1. The first-order valence-corrected chi connectivity index (χ1v) is 10.1. The summed E-state index contributed by atoms with van der Waals surface area (Å²) in [6, 6.07) is 16.8. The topological polar surface area (TPSA) is 67.9 Å². The maximum atomic E-state index is 12.5. The molecule has 1 fully saturated rings. The molecule has 1 aliphatic heterocycles. The van der Waals surface area contributed by atoms with Crippen molar-refractivity contribution in [2.45, 2.75) is 38.1 Å². The van der Waals surface area contributed by atoms with Gasteiger partial charge in [-0.15, -0.1) is 0 Å². The Morgan fingerprint density at radius 3 is 2.45 bits per heavy atom. The molecule has 2 N–H and O–H groups in total. The lowest BCUT2D eigenvalue weighted by Crippen LogP contribution is -2.50. The van der Waals surface area contributed by atoms with Crippen LogP contribution < -0.4 is 10.5 Å². The molecular formula is C24H29N3O2. The fraction of sp³-hybridized carbons (Fsp3) is 0.417. The van der Waals surface area contributed by atoms with Crippen molar-refractivity contribution in [3.63, 3.8) is 0 Å². The van der Waals surface area contributed by atoms with Crippen LogP contribution in [-0.2, 0) is 10.2 Å². The second-order valence-electron chi connectivity index (χ2n) is 8.82. The molecule has 5 heteroatoms. The van der Waals surface area contributed by atoms with Gasteiger partial charge in [0.2, 0.25) is 5.91 Å². The quantitative estimate of drug-likeness (QED) is 0.861. The van der Waals surface area contributed by atoms with E-state index in [0.717, 1.165) is 16.9 Å². The van der Waals surface area contributed by atoms with E-state index >= 15 is 0 Å². The minimum absolute atomic E-state index is 0.0339. The fourth-order valence-corrected chi connectivity index (χ4v) is 5.30. The van der Waals surface area contributed by atoms with Gasteiger partial charge in [-0.05, 0) is 47.6 Å². The van der Waals surface area contributed by atoms with Crippen molar-refractivity contribution in [1.29, 1.82) is 0 Å². The van der Waals surface area contributed by atoms with E-state index < -0.39 is 5.54 Å². The van der Waals surface area contributed by atoms with Gasteiger partial charge in [0, 0.05) is 12.5 Å². The Morgan fingerprint density at radius 1 is 1.14 bits per heavy atom. The zero-order valence-corrected chi connectivity index (χ0v) is 17.8. The summed E-state index contributed by atoms with van der Waals surface area (Å²) in [5, 5.41) is 0. The molecule has 0 aromatic heterocycles. The Balaban J connectivity index is 1.70. The molecule has 4 unspecified atom stereocenters. The van der Waals surface area contributed by atoms with Gasteiger partial charge in [0.05, 0.1) is 19.1 Å². The van der Waals surface area contributed by atoms with Crippen molar-refractivity contribution in [3.05, 3.63) is 54.1 Å². The standard InChI is InChI=1S/C24H29N3O2/c1-15-21(23(2)14-20(28)27(4)22(25)26-23)24(15,3)18-10-6-8-16(12-18)17-9-7-11-19(13-17)29-5/h6-13,15,21H,14H2,1-5H3,(H2,25,26). The molecule has 29 heavy (non-hydrogen) atoms. The second kappa shape index (κ2) is 6.61. The highest BCUT2D eigenvalue weighted by Gasteiger charge is 2.67. The van der Waals surface area contributed by atoms with Gasteiger partial charge in [0.1, 0.15) is 5.75 Å². The number of rotatable bonds is 4. The Labute approximate surface area is 172 Å². The number of aliphatic imine (C=N–C) groups is 1. The second-order valence-corrected chi connectivity index (χ2v) is 8.82. The summed E-state index contributed by atoms with van der Waals surface area (Å²) in [4.78, 5) is 18.7. The summed E-state index contributed by atoms with van der Waals surface area (Å²) in [7, 11) is 3.37. The number of guanidine groups is 1. The van der Waals surface area contributed by atoms with Crippen LogP contribution in [0, 0.1) is 11.8 Å². The van der Waals surface area contributed by atoms with Crippen molar-refractivity contribution in [2.75, 3.05) is 14.2 Å². The molecule has 5 nitrogen and oxygen atoms in total. The molecule has 0 saturated heterocycles. The van der Waals surface area contributed by atoms with E-state index in [0.29, 0.717) is 18.3 Å². The summed E-state index contributed by atoms with van der Waals surface area (Å²) >= 11 is 0. The number of benzene rings is 2. The largest absolute Gasteiger partial charge is 0.497 e. The van der Waals surface area contributed by atoms with Crippen LogP contribution in [0.3, 0.4) is 0 Å². The van der Waals surface area contributed by atoms with E-state index in [1.54, 1.807) is 14.2 Å². The molecule has 152 valence electrons. The predicted octanol–water partition coefficient (Wildman–Crippen LogP) is 3.82. The van der Waals surface area contributed by atoms with E-state index in [1.165, 1.54) is 10.5 Å². The molecule has 1 saturated carbocycles. The maximum Gasteiger partial charge on any atom is 0.231 e. The van der Waals surface area contributed by atoms with Crippen molar-refractivity contribution >= 4 is 11.9 Å². The van der Waals surface area contributed by atoms with Crippen molar-refractivity contribution in [3.8, 4) is 16.9 Å². The summed E-state index contributed by atoms with van der Waals surface area (Å²) in [5.74, 6) is 1.86. The molecule has 1 aliphatic carbocycles.